The van der Waals surface area contributed by atoms with E-state index in [0.717, 1.165) is 6.42 Å². The van der Waals surface area contributed by atoms with Gasteiger partial charge in [0, 0.05) is 6.04 Å². The summed E-state index contributed by atoms with van der Waals surface area (Å²) in [5, 5.41) is 14.1. The summed E-state index contributed by atoms with van der Waals surface area (Å²) in [6.45, 7) is 6.31. The number of nitro benzene ring substituents is 1. The van der Waals surface area contributed by atoms with E-state index in [0.29, 0.717) is 18.0 Å². The first-order chi connectivity index (χ1) is 8.06. The molecule has 0 heterocycles. The van der Waals surface area contributed by atoms with Crippen LogP contribution in [0, 0.1) is 10.1 Å². The zero-order chi connectivity index (χ0) is 12.8. The highest BCUT2D eigenvalue weighted by Crippen LogP contribution is 2.35. The third-order valence-corrected chi connectivity index (χ3v) is 2.09. The van der Waals surface area contributed by atoms with Crippen LogP contribution < -0.4 is 10.1 Å². The minimum absolute atomic E-state index is 0.00894. The fourth-order valence-electron chi connectivity index (χ4n) is 1.47. The predicted molar refractivity (Wildman–Crippen MR) is 67.6 cm³/mol. The van der Waals surface area contributed by atoms with Crippen molar-refractivity contribution in [3.8, 4) is 5.75 Å². The van der Waals surface area contributed by atoms with E-state index in [2.05, 4.69) is 5.32 Å². The highest BCUT2D eigenvalue weighted by Gasteiger charge is 2.21. The minimum Gasteiger partial charge on any atom is -0.487 e. The molecule has 0 aliphatic rings. The Balaban J connectivity index is 3.08. The van der Waals surface area contributed by atoms with Gasteiger partial charge in [-0.3, -0.25) is 10.1 Å². The Morgan fingerprint density at radius 2 is 2.18 bits per heavy atom. The topological polar surface area (TPSA) is 64.4 Å². The second-order valence-electron chi connectivity index (χ2n) is 4.06. The molecule has 94 valence electrons. The van der Waals surface area contributed by atoms with E-state index in [1.807, 2.05) is 20.8 Å². The van der Waals surface area contributed by atoms with Crippen LogP contribution in [0.2, 0.25) is 0 Å². The molecule has 17 heavy (non-hydrogen) atoms. The van der Waals surface area contributed by atoms with Crippen LogP contribution in [0.3, 0.4) is 0 Å². The molecular formula is C12H18N2O3. The number of anilines is 1. The SMILES string of the molecule is CCCOc1cccc(NC(C)C)c1[N+](=O)[O-]. The molecule has 5 nitrogen and oxygen atoms in total. The first-order valence-electron chi connectivity index (χ1n) is 5.73. The van der Waals surface area contributed by atoms with Gasteiger partial charge in [0.05, 0.1) is 11.5 Å². The van der Waals surface area contributed by atoms with Crippen molar-refractivity contribution in [2.75, 3.05) is 11.9 Å². The molecule has 0 fully saturated rings. The van der Waals surface area contributed by atoms with Crippen LogP contribution in [0.15, 0.2) is 18.2 Å². The molecule has 0 atom stereocenters. The lowest BCUT2D eigenvalue weighted by atomic mass is 10.2. The molecule has 5 heteroatoms. The van der Waals surface area contributed by atoms with Gasteiger partial charge in [-0.25, -0.2) is 0 Å². The molecule has 0 unspecified atom stereocenters. The van der Waals surface area contributed by atoms with Crippen LogP contribution in [-0.4, -0.2) is 17.6 Å². The van der Waals surface area contributed by atoms with Gasteiger partial charge in [0.15, 0.2) is 5.75 Å². The number of nitrogens with zero attached hydrogens (tertiary/aromatic N) is 1. The molecule has 0 aromatic heterocycles. The minimum atomic E-state index is -0.407. The predicted octanol–water partition coefficient (Wildman–Crippen LogP) is 3.20. The monoisotopic (exact) mass is 238 g/mol. The van der Waals surface area contributed by atoms with Crippen LogP contribution in [0.25, 0.3) is 0 Å². The molecule has 0 aliphatic heterocycles. The third-order valence-electron chi connectivity index (χ3n) is 2.09. The van der Waals surface area contributed by atoms with Crippen molar-refractivity contribution in [2.24, 2.45) is 0 Å². The van der Waals surface area contributed by atoms with Gasteiger partial charge in [-0.1, -0.05) is 13.0 Å². The van der Waals surface area contributed by atoms with Crippen molar-refractivity contribution in [3.05, 3.63) is 28.3 Å². The Labute approximate surface area is 101 Å². The highest BCUT2D eigenvalue weighted by atomic mass is 16.6. The molecule has 1 N–H and O–H groups in total. The van der Waals surface area contributed by atoms with Crippen LogP contribution >= 0.6 is 0 Å². The van der Waals surface area contributed by atoms with Crippen molar-refractivity contribution in [1.82, 2.24) is 0 Å². The average molecular weight is 238 g/mol. The third kappa shape index (κ3) is 3.62. The van der Waals surface area contributed by atoms with E-state index in [9.17, 15) is 10.1 Å². The average Bonchev–Trinajstić information content (AvgIpc) is 2.25. The Morgan fingerprint density at radius 3 is 2.71 bits per heavy atom. The Morgan fingerprint density at radius 1 is 1.47 bits per heavy atom. The molecule has 0 spiro atoms. The maximum Gasteiger partial charge on any atom is 0.333 e. The summed E-state index contributed by atoms with van der Waals surface area (Å²) < 4.78 is 5.39. The number of ether oxygens (including phenoxy) is 1. The standard InChI is InChI=1S/C12H18N2O3/c1-4-8-17-11-7-5-6-10(13-9(2)3)12(11)14(15)16/h5-7,9,13H,4,8H2,1-3H3. The Hall–Kier alpha value is -1.78. The smallest absolute Gasteiger partial charge is 0.333 e. The number of hydrogen-bond donors (Lipinski definition) is 1. The molecule has 0 saturated carbocycles. The van der Waals surface area contributed by atoms with Gasteiger partial charge in [0.25, 0.3) is 0 Å². The number of hydrogen-bond acceptors (Lipinski definition) is 4. The first-order valence-corrected chi connectivity index (χ1v) is 5.73. The van der Waals surface area contributed by atoms with Crippen molar-refractivity contribution in [1.29, 1.82) is 0 Å². The van der Waals surface area contributed by atoms with Gasteiger partial charge in [0.2, 0.25) is 0 Å². The van der Waals surface area contributed by atoms with Crippen LogP contribution in [0.4, 0.5) is 11.4 Å². The van der Waals surface area contributed by atoms with E-state index in [1.165, 1.54) is 0 Å². The summed E-state index contributed by atoms with van der Waals surface area (Å²) in [6.07, 6.45) is 0.818. The van der Waals surface area contributed by atoms with Crippen molar-refractivity contribution >= 4 is 11.4 Å². The molecule has 1 rings (SSSR count). The summed E-state index contributed by atoms with van der Waals surface area (Å²) in [4.78, 5) is 10.7. The van der Waals surface area contributed by atoms with Gasteiger partial charge >= 0.3 is 5.69 Å². The van der Waals surface area contributed by atoms with E-state index in [-0.39, 0.29) is 11.7 Å². The fraction of sp³-hybridized carbons (Fsp3) is 0.500. The van der Waals surface area contributed by atoms with Gasteiger partial charge in [-0.2, -0.15) is 0 Å². The van der Waals surface area contributed by atoms with Gasteiger partial charge in [-0.05, 0) is 32.4 Å². The van der Waals surface area contributed by atoms with Crippen LogP contribution in [0.5, 0.6) is 5.75 Å². The maximum absolute atomic E-state index is 11.1. The van der Waals surface area contributed by atoms with Crippen LogP contribution in [-0.2, 0) is 0 Å². The zero-order valence-corrected chi connectivity index (χ0v) is 10.4. The summed E-state index contributed by atoms with van der Waals surface area (Å²) in [7, 11) is 0. The van der Waals surface area contributed by atoms with Crippen LogP contribution in [0.1, 0.15) is 27.2 Å². The molecule has 0 radical (unpaired) electrons. The molecule has 0 bridgehead atoms. The largest absolute Gasteiger partial charge is 0.487 e. The molecular weight excluding hydrogens is 220 g/mol. The van der Waals surface area contributed by atoms with Gasteiger partial charge in [0.1, 0.15) is 5.69 Å². The lowest BCUT2D eigenvalue weighted by Crippen LogP contribution is -2.12. The number of rotatable bonds is 6. The normalized spacial score (nSPS) is 10.4. The second kappa shape index (κ2) is 6.08. The number of benzene rings is 1. The molecule has 1 aromatic rings. The number of para-hydroxylation sites is 1. The van der Waals surface area contributed by atoms with Gasteiger partial charge < -0.3 is 10.1 Å². The second-order valence-corrected chi connectivity index (χ2v) is 4.06. The summed E-state index contributed by atoms with van der Waals surface area (Å²) in [6, 6.07) is 5.20. The molecule has 1 aromatic carbocycles. The highest BCUT2D eigenvalue weighted by molar-refractivity contribution is 5.68. The summed E-state index contributed by atoms with van der Waals surface area (Å²) in [5.74, 6) is 0.322. The van der Waals surface area contributed by atoms with Crippen molar-refractivity contribution < 1.29 is 9.66 Å². The lowest BCUT2D eigenvalue weighted by Gasteiger charge is -2.12. The molecule has 0 aliphatic carbocycles. The molecule has 0 amide bonds. The number of nitrogens with one attached hydrogen (secondary N) is 1. The van der Waals surface area contributed by atoms with E-state index in [4.69, 9.17) is 4.74 Å². The van der Waals surface area contributed by atoms with Crippen molar-refractivity contribution in [2.45, 2.75) is 33.2 Å². The van der Waals surface area contributed by atoms with E-state index < -0.39 is 4.92 Å². The maximum atomic E-state index is 11.1. The Bertz CT molecular complexity index is 391. The zero-order valence-electron chi connectivity index (χ0n) is 10.4. The molecule has 0 saturated heterocycles. The lowest BCUT2D eigenvalue weighted by molar-refractivity contribution is -0.385. The number of nitro groups is 1. The summed E-state index contributed by atoms with van der Waals surface area (Å²) >= 11 is 0. The van der Waals surface area contributed by atoms with Gasteiger partial charge in [-0.15, -0.1) is 0 Å². The fourth-order valence-corrected chi connectivity index (χ4v) is 1.47. The quantitative estimate of drug-likeness (QED) is 0.610. The Kier molecular flexibility index (Phi) is 4.75. The van der Waals surface area contributed by atoms with Crippen molar-refractivity contribution in [3.63, 3.8) is 0 Å². The summed E-state index contributed by atoms with van der Waals surface area (Å²) in [5.41, 5.74) is 0.508. The first kappa shape index (κ1) is 13.3. The van der Waals surface area contributed by atoms with E-state index >= 15 is 0 Å². The van der Waals surface area contributed by atoms with E-state index in [1.54, 1.807) is 18.2 Å².